The van der Waals surface area contributed by atoms with Gasteiger partial charge >= 0.3 is 6.03 Å². The monoisotopic (exact) mass is 264 g/mol. The first kappa shape index (κ1) is 15.1. The summed E-state index contributed by atoms with van der Waals surface area (Å²) >= 11 is 0. The van der Waals surface area contributed by atoms with Gasteiger partial charge in [-0.05, 0) is 34.1 Å². The van der Waals surface area contributed by atoms with E-state index in [-0.39, 0.29) is 17.6 Å². The fourth-order valence-electron chi connectivity index (χ4n) is 1.98. The average Bonchev–Trinajstić information content (AvgIpc) is 2.38. The van der Waals surface area contributed by atoms with Crippen molar-refractivity contribution in [3.05, 3.63) is 22.3 Å². The molecule has 0 aromatic heterocycles. The van der Waals surface area contributed by atoms with E-state index >= 15 is 0 Å². The van der Waals surface area contributed by atoms with Crippen LogP contribution in [0.4, 0.5) is 4.79 Å². The number of carbonyl (C=O) groups excluding carboxylic acids is 3. The highest BCUT2D eigenvalue weighted by Gasteiger charge is 2.27. The van der Waals surface area contributed by atoms with Gasteiger partial charge in [0.05, 0.1) is 0 Å². The van der Waals surface area contributed by atoms with Crippen molar-refractivity contribution in [3.8, 4) is 0 Å². The van der Waals surface area contributed by atoms with Gasteiger partial charge in [-0.15, -0.1) is 0 Å². The maximum Gasteiger partial charge on any atom is 0.314 e. The van der Waals surface area contributed by atoms with Gasteiger partial charge in [-0.25, -0.2) is 4.79 Å². The summed E-state index contributed by atoms with van der Waals surface area (Å²) < 4.78 is 0. The number of nitrogens with one attached hydrogen (secondary N) is 2. The number of amides is 2. The highest BCUT2D eigenvalue weighted by molar-refractivity contribution is 6.24. The topological polar surface area (TPSA) is 75.3 Å². The minimum absolute atomic E-state index is 0.0786. The Kier molecular flexibility index (Phi) is 5.03. The van der Waals surface area contributed by atoms with Gasteiger partial charge in [0.2, 0.25) is 0 Å². The summed E-state index contributed by atoms with van der Waals surface area (Å²) in [5.74, 6) is -0.169. The lowest BCUT2D eigenvalue weighted by atomic mass is 9.84. The SMILES string of the molecule is CCNC(=O)NCCC1=C(C)C(=O)C(C)=C(C)C1=O. The normalized spacial score (nSPS) is 16.0. The van der Waals surface area contributed by atoms with Crippen LogP contribution < -0.4 is 10.6 Å². The van der Waals surface area contributed by atoms with E-state index in [9.17, 15) is 14.4 Å². The molecule has 0 atom stereocenters. The van der Waals surface area contributed by atoms with Crippen LogP contribution in [0.5, 0.6) is 0 Å². The standard InChI is InChI=1S/C14H20N2O3/c1-5-15-14(19)16-7-6-11-10(4)12(17)8(2)9(3)13(11)18/h5-7H2,1-4H3,(H2,15,16,19). The number of urea groups is 1. The molecule has 0 spiro atoms. The van der Waals surface area contributed by atoms with E-state index in [1.807, 2.05) is 6.92 Å². The molecule has 0 radical (unpaired) electrons. The molecular formula is C14H20N2O3. The number of carbonyl (C=O) groups is 3. The van der Waals surface area contributed by atoms with Crippen LogP contribution in [0.1, 0.15) is 34.1 Å². The third kappa shape index (κ3) is 3.30. The molecule has 19 heavy (non-hydrogen) atoms. The van der Waals surface area contributed by atoms with Gasteiger partial charge in [0.25, 0.3) is 0 Å². The molecule has 0 aromatic rings. The molecule has 1 aliphatic carbocycles. The van der Waals surface area contributed by atoms with Crippen LogP contribution in [0.25, 0.3) is 0 Å². The molecule has 2 N–H and O–H groups in total. The number of hydrogen-bond donors (Lipinski definition) is 2. The number of allylic oxidation sites excluding steroid dienone is 3. The number of ketones is 2. The van der Waals surface area contributed by atoms with Crippen LogP contribution in [0, 0.1) is 0 Å². The first-order valence-corrected chi connectivity index (χ1v) is 6.38. The lowest BCUT2D eigenvalue weighted by Gasteiger charge is -2.18. The molecule has 5 heteroatoms. The second kappa shape index (κ2) is 6.31. The molecule has 0 heterocycles. The van der Waals surface area contributed by atoms with Gasteiger partial charge < -0.3 is 10.6 Å². The first-order chi connectivity index (χ1) is 8.90. The van der Waals surface area contributed by atoms with E-state index in [2.05, 4.69) is 10.6 Å². The molecule has 5 nitrogen and oxygen atoms in total. The summed E-state index contributed by atoms with van der Waals surface area (Å²) in [4.78, 5) is 35.2. The fraction of sp³-hybridized carbons (Fsp3) is 0.500. The third-order valence-electron chi connectivity index (χ3n) is 3.31. The van der Waals surface area contributed by atoms with Crippen molar-refractivity contribution in [1.82, 2.24) is 10.6 Å². The molecule has 104 valence electrons. The molecule has 0 saturated heterocycles. The summed E-state index contributed by atoms with van der Waals surface area (Å²) in [5.41, 5.74) is 2.02. The van der Waals surface area contributed by atoms with Crippen molar-refractivity contribution in [3.63, 3.8) is 0 Å². The molecule has 0 saturated carbocycles. The predicted molar refractivity (Wildman–Crippen MR) is 72.8 cm³/mol. The van der Waals surface area contributed by atoms with Gasteiger partial charge in [-0.2, -0.15) is 0 Å². The Balaban J connectivity index is 2.70. The smallest absolute Gasteiger partial charge is 0.314 e. The Hall–Kier alpha value is -1.91. The van der Waals surface area contributed by atoms with E-state index in [4.69, 9.17) is 0 Å². The largest absolute Gasteiger partial charge is 0.338 e. The van der Waals surface area contributed by atoms with Crippen LogP contribution in [0.15, 0.2) is 22.3 Å². The summed E-state index contributed by atoms with van der Waals surface area (Å²) in [5, 5.41) is 5.25. The van der Waals surface area contributed by atoms with E-state index in [0.717, 1.165) is 0 Å². The molecule has 0 unspecified atom stereocenters. The fourth-order valence-corrected chi connectivity index (χ4v) is 1.98. The molecule has 2 amide bonds. The lowest BCUT2D eigenvalue weighted by Crippen LogP contribution is -2.36. The van der Waals surface area contributed by atoms with Crippen LogP contribution in [0.2, 0.25) is 0 Å². The van der Waals surface area contributed by atoms with E-state index in [1.54, 1.807) is 20.8 Å². The zero-order chi connectivity index (χ0) is 14.6. The molecule has 0 aromatic carbocycles. The Labute approximate surface area is 113 Å². The number of hydrogen-bond acceptors (Lipinski definition) is 3. The van der Waals surface area contributed by atoms with Crippen molar-refractivity contribution >= 4 is 17.6 Å². The van der Waals surface area contributed by atoms with Crippen LogP contribution in [-0.2, 0) is 9.59 Å². The number of rotatable bonds is 4. The Morgan fingerprint density at radius 1 is 0.947 bits per heavy atom. The first-order valence-electron chi connectivity index (χ1n) is 6.38. The number of Topliss-reactive ketones (excluding diaryl/α,β-unsaturated/α-hetero) is 2. The van der Waals surface area contributed by atoms with Gasteiger partial charge in [0.15, 0.2) is 11.6 Å². The Morgan fingerprint density at radius 3 is 2.11 bits per heavy atom. The minimum atomic E-state index is -0.265. The summed E-state index contributed by atoms with van der Waals surface area (Å²) in [6.07, 6.45) is 0.373. The quantitative estimate of drug-likeness (QED) is 0.756. The van der Waals surface area contributed by atoms with Gasteiger partial charge in [0, 0.05) is 35.4 Å². The van der Waals surface area contributed by atoms with Crippen molar-refractivity contribution in [2.24, 2.45) is 0 Å². The molecule has 1 aliphatic rings. The van der Waals surface area contributed by atoms with Gasteiger partial charge in [0.1, 0.15) is 0 Å². The molecule has 0 bridgehead atoms. The summed E-state index contributed by atoms with van der Waals surface area (Å²) in [6, 6.07) is -0.265. The highest BCUT2D eigenvalue weighted by atomic mass is 16.2. The zero-order valence-corrected chi connectivity index (χ0v) is 11.8. The summed E-state index contributed by atoms with van der Waals surface area (Å²) in [6.45, 7) is 7.71. The minimum Gasteiger partial charge on any atom is -0.338 e. The molecule has 1 rings (SSSR count). The van der Waals surface area contributed by atoms with Crippen molar-refractivity contribution in [2.45, 2.75) is 34.1 Å². The maximum absolute atomic E-state index is 12.1. The molecule has 0 fully saturated rings. The average molecular weight is 264 g/mol. The van der Waals surface area contributed by atoms with E-state index < -0.39 is 0 Å². The van der Waals surface area contributed by atoms with Crippen molar-refractivity contribution in [1.29, 1.82) is 0 Å². The third-order valence-corrected chi connectivity index (χ3v) is 3.31. The maximum atomic E-state index is 12.1. The zero-order valence-electron chi connectivity index (χ0n) is 11.8. The van der Waals surface area contributed by atoms with Crippen LogP contribution in [-0.4, -0.2) is 30.7 Å². The van der Waals surface area contributed by atoms with Gasteiger partial charge in [-0.3, -0.25) is 9.59 Å². The lowest BCUT2D eigenvalue weighted by molar-refractivity contribution is -0.116. The second-order valence-corrected chi connectivity index (χ2v) is 4.55. The van der Waals surface area contributed by atoms with Crippen LogP contribution >= 0.6 is 0 Å². The second-order valence-electron chi connectivity index (χ2n) is 4.55. The van der Waals surface area contributed by atoms with Crippen LogP contribution in [0.3, 0.4) is 0 Å². The van der Waals surface area contributed by atoms with Crippen molar-refractivity contribution < 1.29 is 14.4 Å². The Bertz CT molecular complexity index is 487. The highest BCUT2D eigenvalue weighted by Crippen LogP contribution is 2.25. The van der Waals surface area contributed by atoms with Gasteiger partial charge in [-0.1, -0.05) is 0 Å². The van der Waals surface area contributed by atoms with E-state index in [1.165, 1.54) is 0 Å². The van der Waals surface area contributed by atoms with E-state index in [0.29, 0.717) is 41.8 Å². The summed E-state index contributed by atoms with van der Waals surface area (Å²) in [7, 11) is 0. The molecule has 0 aliphatic heterocycles. The molecular weight excluding hydrogens is 244 g/mol. The Morgan fingerprint density at radius 2 is 1.53 bits per heavy atom. The predicted octanol–water partition coefficient (Wildman–Crippen LogP) is 1.50. The van der Waals surface area contributed by atoms with Crippen molar-refractivity contribution in [2.75, 3.05) is 13.1 Å².